The maximum absolute atomic E-state index is 12.2. The Labute approximate surface area is 151 Å². The summed E-state index contributed by atoms with van der Waals surface area (Å²) >= 11 is 6.82. The molecule has 7 heteroatoms. The average Bonchev–Trinajstić information content (AvgIpc) is 3.12. The van der Waals surface area contributed by atoms with Crippen molar-refractivity contribution in [2.45, 2.75) is 11.8 Å². The number of thiophene rings is 1. The molecule has 0 aliphatic carbocycles. The molecule has 1 amide bonds. The quantitative estimate of drug-likeness (QED) is 0.803. The van der Waals surface area contributed by atoms with Crippen molar-refractivity contribution in [2.24, 2.45) is 0 Å². The first-order chi connectivity index (χ1) is 11.1. The molecule has 122 valence electrons. The largest absolute Gasteiger partial charge is 0.504 e. The minimum absolute atomic E-state index is 0.0952. The molecule has 1 unspecified atom stereocenters. The Morgan fingerprint density at radius 3 is 2.91 bits per heavy atom. The molecule has 3 rings (SSSR count). The van der Waals surface area contributed by atoms with Crippen molar-refractivity contribution in [3.63, 3.8) is 0 Å². The second kappa shape index (κ2) is 7.15. The number of amides is 1. The summed E-state index contributed by atoms with van der Waals surface area (Å²) in [5, 5.41) is 9.75. The van der Waals surface area contributed by atoms with Crippen molar-refractivity contribution in [3.8, 4) is 11.5 Å². The third-order valence-electron chi connectivity index (χ3n) is 3.69. The molecule has 0 bridgehead atoms. The summed E-state index contributed by atoms with van der Waals surface area (Å²) in [7, 11) is 1.53. The van der Waals surface area contributed by atoms with Gasteiger partial charge in [0.15, 0.2) is 11.5 Å². The molecule has 0 spiro atoms. The molecule has 1 aromatic heterocycles. The number of phenolic OH excluding ortho intramolecular Hbond substituents is 1. The molecule has 0 radical (unpaired) electrons. The highest BCUT2D eigenvalue weighted by Crippen LogP contribution is 2.42. The number of rotatable bonds is 5. The standard InChI is InChI=1S/C16H16BrNO3S2/c1-21-12-8-10(2-3-11(12)19)6-7-18-15(20)9-22-16(18)13-4-5-14(17)23-13/h2-5,8,16,19H,6-7,9H2,1H3. The second-order valence-corrected chi connectivity index (χ2v) is 8.71. The SMILES string of the molecule is COc1cc(CCN2C(=O)CSC2c2ccc(Br)s2)ccc1O. The van der Waals surface area contributed by atoms with Crippen LogP contribution in [0.1, 0.15) is 15.8 Å². The van der Waals surface area contributed by atoms with Gasteiger partial charge in [0, 0.05) is 11.4 Å². The molecule has 1 saturated heterocycles. The zero-order valence-electron chi connectivity index (χ0n) is 12.5. The summed E-state index contributed by atoms with van der Waals surface area (Å²) in [6.07, 6.45) is 0.728. The maximum Gasteiger partial charge on any atom is 0.233 e. The molecule has 1 N–H and O–H groups in total. The van der Waals surface area contributed by atoms with Gasteiger partial charge >= 0.3 is 0 Å². The zero-order chi connectivity index (χ0) is 16.4. The molecule has 23 heavy (non-hydrogen) atoms. The molecule has 1 aliphatic rings. The van der Waals surface area contributed by atoms with Crippen molar-refractivity contribution < 1.29 is 14.6 Å². The first-order valence-electron chi connectivity index (χ1n) is 7.10. The third kappa shape index (κ3) is 3.67. The van der Waals surface area contributed by atoms with E-state index in [-0.39, 0.29) is 17.0 Å². The number of aromatic hydroxyl groups is 1. The lowest BCUT2D eigenvalue weighted by molar-refractivity contribution is -0.127. The fourth-order valence-electron chi connectivity index (χ4n) is 2.52. The zero-order valence-corrected chi connectivity index (χ0v) is 15.7. The van der Waals surface area contributed by atoms with Gasteiger partial charge in [0.05, 0.1) is 16.6 Å². The molecule has 1 aliphatic heterocycles. The van der Waals surface area contributed by atoms with Gasteiger partial charge in [0.1, 0.15) is 5.37 Å². The van der Waals surface area contributed by atoms with Gasteiger partial charge in [-0.25, -0.2) is 0 Å². The number of halogens is 1. The Balaban J connectivity index is 1.71. The number of carbonyl (C=O) groups is 1. The van der Waals surface area contributed by atoms with Crippen molar-refractivity contribution >= 4 is 44.9 Å². The van der Waals surface area contributed by atoms with E-state index >= 15 is 0 Å². The lowest BCUT2D eigenvalue weighted by Crippen LogP contribution is -2.30. The second-order valence-electron chi connectivity index (χ2n) is 5.15. The van der Waals surface area contributed by atoms with Crippen LogP contribution in [-0.4, -0.2) is 35.3 Å². The van der Waals surface area contributed by atoms with Crippen molar-refractivity contribution in [3.05, 3.63) is 44.6 Å². The molecule has 0 saturated carbocycles. The molecular formula is C16H16BrNO3S2. The van der Waals surface area contributed by atoms with E-state index < -0.39 is 0 Å². The monoisotopic (exact) mass is 413 g/mol. The van der Waals surface area contributed by atoms with Crippen LogP contribution >= 0.6 is 39.0 Å². The maximum atomic E-state index is 12.2. The van der Waals surface area contributed by atoms with Gasteiger partial charge in [-0.2, -0.15) is 0 Å². The van der Waals surface area contributed by atoms with E-state index in [4.69, 9.17) is 4.74 Å². The van der Waals surface area contributed by atoms with Crippen LogP contribution < -0.4 is 4.74 Å². The number of benzene rings is 1. The molecule has 1 aromatic carbocycles. The minimum Gasteiger partial charge on any atom is -0.504 e. The van der Waals surface area contributed by atoms with Crippen LogP contribution in [0.2, 0.25) is 0 Å². The minimum atomic E-state index is 0.0952. The Hall–Kier alpha value is -1.18. The first kappa shape index (κ1) is 16.7. The van der Waals surface area contributed by atoms with Crippen molar-refractivity contribution in [1.82, 2.24) is 4.90 Å². The van der Waals surface area contributed by atoms with Crippen LogP contribution in [0.4, 0.5) is 0 Å². The Bertz CT molecular complexity index is 719. The van der Waals surface area contributed by atoms with E-state index in [1.165, 1.54) is 12.0 Å². The highest BCUT2D eigenvalue weighted by atomic mass is 79.9. The summed E-state index contributed by atoms with van der Waals surface area (Å²) in [5.41, 5.74) is 1.04. The molecule has 2 heterocycles. The normalized spacial score (nSPS) is 17.7. The molecule has 1 atom stereocenters. The number of carbonyl (C=O) groups excluding carboxylic acids is 1. The lowest BCUT2D eigenvalue weighted by Gasteiger charge is -2.23. The fourth-order valence-corrected chi connectivity index (χ4v) is 5.40. The van der Waals surface area contributed by atoms with Gasteiger partial charge in [-0.05, 0) is 52.2 Å². The molecule has 1 fully saturated rings. The number of methoxy groups -OCH3 is 1. The van der Waals surface area contributed by atoms with E-state index in [2.05, 4.69) is 22.0 Å². The highest BCUT2D eigenvalue weighted by Gasteiger charge is 2.33. The lowest BCUT2D eigenvalue weighted by atomic mass is 10.1. The van der Waals surface area contributed by atoms with Crippen molar-refractivity contribution in [1.29, 1.82) is 0 Å². The van der Waals surface area contributed by atoms with E-state index in [1.54, 1.807) is 29.2 Å². The van der Waals surface area contributed by atoms with Gasteiger partial charge in [-0.15, -0.1) is 23.1 Å². The highest BCUT2D eigenvalue weighted by molar-refractivity contribution is 9.11. The average molecular weight is 414 g/mol. The van der Waals surface area contributed by atoms with Crippen molar-refractivity contribution in [2.75, 3.05) is 19.4 Å². The van der Waals surface area contributed by atoms with E-state index in [0.29, 0.717) is 18.0 Å². The summed E-state index contributed by atoms with van der Waals surface area (Å²) < 4.78 is 6.21. The van der Waals surface area contributed by atoms with Gasteiger partial charge in [0.25, 0.3) is 0 Å². The van der Waals surface area contributed by atoms with Gasteiger partial charge in [0.2, 0.25) is 5.91 Å². The van der Waals surface area contributed by atoms with Crippen LogP contribution in [0.15, 0.2) is 34.1 Å². The topological polar surface area (TPSA) is 49.8 Å². The van der Waals surface area contributed by atoms with Crippen LogP contribution in [0.25, 0.3) is 0 Å². The number of thioether (sulfide) groups is 1. The smallest absolute Gasteiger partial charge is 0.233 e. The molecular weight excluding hydrogens is 398 g/mol. The Morgan fingerprint density at radius 1 is 1.39 bits per heavy atom. The predicted octanol–water partition coefficient (Wildman–Crippen LogP) is 4.04. The summed E-state index contributed by atoms with van der Waals surface area (Å²) in [6, 6.07) is 9.40. The van der Waals surface area contributed by atoms with Crippen LogP contribution in [-0.2, 0) is 11.2 Å². The van der Waals surface area contributed by atoms with Crippen LogP contribution in [0, 0.1) is 0 Å². The van der Waals surface area contributed by atoms with Crippen LogP contribution in [0.3, 0.4) is 0 Å². The molecule has 4 nitrogen and oxygen atoms in total. The fraction of sp³-hybridized carbons (Fsp3) is 0.312. The number of hydrogen-bond donors (Lipinski definition) is 1. The number of ether oxygens (including phenoxy) is 1. The van der Waals surface area contributed by atoms with Gasteiger partial charge in [-0.3, -0.25) is 4.79 Å². The number of phenols is 1. The van der Waals surface area contributed by atoms with E-state index in [9.17, 15) is 9.90 Å². The van der Waals surface area contributed by atoms with Gasteiger partial charge in [-0.1, -0.05) is 6.07 Å². The summed E-state index contributed by atoms with van der Waals surface area (Å²) in [4.78, 5) is 15.3. The van der Waals surface area contributed by atoms with E-state index in [1.807, 2.05) is 23.1 Å². The van der Waals surface area contributed by atoms with Gasteiger partial charge < -0.3 is 14.7 Å². The first-order valence-corrected chi connectivity index (χ1v) is 9.76. The number of hydrogen-bond acceptors (Lipinski definition) is 5. The Morgan fingerprint density at radius 2 is 2.22 bits per heavy atom. The van der Waals surface area contributed by atoms with E-state index in [0.717, 1.165) is 15.8 Å². The summed E-state index contributed by atoms with van der Waals surface area (Å²) in [6.45, 7) is 0.653. The predicted molar refractivity (Wildman–Crippen MR) is 97.3 cm³/mol. The van der Waals surface area contributed by atoms with Crippen LogP contribution in [0.5, 0.6) is 11.5 Å². The third-order valence-corrected chi connectivity index (χ3v) is 6.75. The Kier molecular flexibility index (Phi) is 5.18. The number of nitrogens with zero attached hydrogens (tertiary/aromatic N) is 1. The summed E-state index contributed by atoms with van der Waals surface area (Å²) in [5.74, 6) is 1.29. The molecule has 2 aromatic rings.